The second-order valence-corrected chi connectivity index (χ2v) is 4.76. The van der Waals surface area contributed by atoms with Crippen molar-refractivity contribution in [2.45, 2.75) is 0 Å². The minimum atomic E-state index is 0.601. The molecule has 5 heteroatoms. The summed E-state index contributed by atoms with van der Waals surface area (Å²) in [5, 5.41) is 1.22. The molecule has 1 fully saturated rings. The molecule has 16 heavy (non-hydrogen) atoms. The lowest BCUT2D eigenvalue weighted by molar-refractivity contribution is 0.0693. The molecule has 1 heterocycles. The number of hydrogen-bond acceptors (Lipinski definition) is 2. The van der Waals surface area contributed by atoms with Gasteiger partial charge in [-0.25, -0.2) is 0 Å². The van der Waals surface area contributed by atoms with E-state index in [9.17, 15) is 0 Å². The Bertz CT molecular complexity index is 405. The standard InChI is InChI=1S/C11H11Cl2NOS/c12-8-1-2-9(10(13)7-8)11(16)14-3-5-15-6-4-14/h1-2,7H,3-6H2. The Kier molecular flexibility index (Phi) is 4.03. The van der Waals surface area contributed by atoms with Gasteiger partial charge in [-0.1, -0.05) is 35.4 Å². The first kappa shape index (κ1) is 12.1. The van der Waals surface area contributed by atoms with Crippen LogP contribution in [0.2, 0.25) is 10.0 Å². The zero-order valence-corrected chi connectivity index (χ0v) is 10.9. The van der Waals surface area contributed by atoms with Crippen LogP contribution in [0.4, 0.5) is 0 Å². The Morgan fingerprint density at radius 1 is 1.25 bits per heavy atom. The van der Waals surface area contributed by atoms with Crippen molar-refractivity contribution >= 4 is 40.4 Å². The summed E-state index contributed by atoms with van der Waals surface area (Å²) in [6, 6.07) is 5.38. The fraction of sp³-hybridized carbons (Fsp3) is 0.364. The Balaban J connectivity index is 2.19. The number of morpholine rings is 1. The summed E-state index contributed by atoms with van der Waals surface area (Å²) in [4.78, 5) is 2.87. The van der Waals surface area contributed by atoms with Crippen LogP contribution in [0, 0.1) is 0 Å². The molecular formula is C11H11Cl2NOS. The van der Waals surface area contributed by atoms with Crippen molar-refractivity contribution in [2.24, 2.45) is 0 Å². The van der Waals surface area contributed by atoms with Crippen molar-refractivity contribution in [3.05, 3.63) is 33.8 Å². The van der Waals surface area contributed by atoms with E-state index in [1.807, 2.05) is 6.07 Å². The molecule has 0 bridgehead atoms. The number of hydrogen-bond donors (Lipinski definition) is 0. The van der Waals surface area contributed by atoms with Crippen molar-refractivity contribution in [3.8, 4) is 0 Å². The summed E-state index contributed by atoms with van der Waals surface area (Å²) in [5.41, 5.74) is 0.864. The third kappa shape index (κ3) is 2.66. The van der Waals surface area contributed by atoms with Crippen molar-refractivity contribution < 1.29 is 4.74 Å². The van der Waals surface area contributed by atoms with Crippen LogP contribution in [0.5, 0.6) is 0 Å². The van der Waals surface area contributed by atoms with Crippen LogP contribution in [0.3, 0.4) is 0 Å². The minimum Gasteiger partial charge on any atom is -0.378 e. The van der Waals surface area contributed by atoms with E-state index in [2.05, 4.69) is 4.90 Å². The van der Waals surface area contributed by atoms with Gasteiger partial charge in [-0.15, -0.1) is 0 Å². The van der Waals surface area contributed by atoms with Gasteiger partial charge in [-0.05, 0) is 18.2 Å². The summed E-state index contributed by atoms with van der Waals surface area (Å²) < 4.78 is 5.28. The number of halogens is 2. The quantitative estimate of drug-likeness (QED) is 0.732. The summed E-state index contributed by atoms with van der Waals surface area (Å²) in [7, 11) is 0. The second kappa shape index (κ2) is 5.32. The molecule has 1 aliphatic rings. The third-order valence-electron chi connectivity index (χ3n) is 2.46. The maximum Gasteiger partial charge on any atom is 0.110 e. The summed E-state index contributed by atoms with van der Waals surface area (Å²) in [6.45, 7) is 3.06. The number of thiocarbonyl (C=S) groups is 1. The molecule has 2 rings (SSSR count). The average molecular weight is 276 g/mol. The highest BCUT2D eigenvalue weighted by Gasteiger charge is 2.17. The van der Waals surface area contributed by atoms with Crippen LogP contribution in [-0.2, 0) is 4.74 Å². The lowest BCUT2D eigenvalue weighted by Gasteiger charge is -2.29. The lowest BCUT2D eigenvalue weighted by Crippen LogP contribution is -2.40. The predicted molar refractivity (Wildman–Crippen MR) is 70.6 cm³/mol. The van der Waals surface area contributed by atoms with E-state index in [4.69, 9.17) is 40.2 Å². The van der Waals surface area contributed by atoms with Crippen LogP contribution in [-0.4, -0.2) is 36.2 Å². The first-order valence-corrected chi connectivity index (χ1v) is 6.17. The maximum atomic E-state index is 6.11. The Hall–Kier alpha value is -0.350. The number of nitrogens with zero attached hydrogens (tertiary/aromatic N) is 1. The molecule has 0 N–H and O–H groups in total. The van der Waals surface area contributed by atoms with E-state index >= 15 is 0 Å². The van der Waals surface area contributed by atoms with E-state index in [-0.39, 0.29) is 0 Å². The Labute approximate surface area is 110 Å². The maximum absolute atomic E-state index is 6.11. The van der Waals surface area contributed by atoms with E-state index < -0.39 is 0 Å². The predicted octanol–water partition coefficient (Wildman–Crippen LogP) is 3.00. The van der Waals surface area contributed by atoms with Crippen LogP contribution in [0.25, 0.3) is 0 Å². The fourth-order valence-corrected chi connectivity index (χ4v) is 2.51. The molecular weight excluding hydrogens is 265 g/mol. The van der Waals surface area contributed by atoms with Gasteiger partial charge in [0.1, 0.15) is 4.99 Å². The highest BCUT2D eigenvalue weighted by molar-refractivity contribution is 7.80. The molecule has 0 atom stereocenters. The van der Waals surface area contributed by atoms with Gasteiger partial charge >= 0.3 is 0 Å². The van der Waals surface area contributed by atoms with Crippen LogP contribution >= 0.6 is 35.4 Å². The summed E-state index contributed by atoms with van der Waals surface area (Å²) in [5.74, 6) is 0. The summed E-state index contributed by atoms with van der Waals surface area (Å²) >= 11 is 17.4. The number of ether oxygens (including phenoxy) is 1. The van der Waals surface area contributed by atoms with Gasteiger partial charge in [0.25, 0.3) is 0 Å². The number of benzene rings is 1. The molecule has 1 saturated heterocycles. The van der Waals surface area contributed by atoms with E-state index in [0.29, 0.717) is 23.3 Å². The minimum absolute atomic E-state index is 0.601. The highest BCUT2D eigenvalue weighted by atomic mass is 35.5. The van der Waals surface area contributed by atoms with Crippen LogP contribution < -0.4 is 0 Å². The molecule has 0 radical (unpaired) electrons. The molecule has 0 saturated carbocycles. The first-order valence-electron chi connectivity index (χ1n) is 5.00. The van der Waals surface area contributed by atoms with Crippen molar-refractivity contribution in [2.75, 3.05) is 26.3 Å². The Morgan fingerprint density at radius 3 is 2.56 bits per heavy atom. The van der Waals surface area contributed by atoms with E-state index in [0.717, 1.165) is 23.6 Å². The smallest absolute Gasteiger partial charge is 0.110 e. The highest BCUT2D eigenvalue weighted by Crippen LogP contribution is 2.23. The molecule has 86 valence electrons. The van der Waals surface area contributed by atoms with E-state index in [1.54, 1.807) is 12.1 Å². The first-order chi connectivity index (χ1) is 7.68. The van der Waals surface area contributed by atoms with Crippen LogP contribution in [0.1, 0.15) is 5.56 Å². The van der Waals surface area contributed by atoms with Crippen LogP contribution in [0.15, 0.2) is 18.2 Å². The normalized spacial score (nSPS) is 16.2. The molecule has 0 unspecified atom stereocenters. The largest absolute Gasteiger partial charge is 0.378 e. The van der Waals surface area contributed by atoms with Gasteiger partial charge in [0.05, 0.1) is 18.2 Å². The van der Waals surface area contributed by atoms with Crippen molar-refractivity contribution in [3.63, 3.8) is 0 Å². The lowest BCUT2D eigenvalue weighted by atomic mass is 10.2. The van der Waals surface area contributed by atoms with Gasteiger partial charge < -0.3 is 9.64 Å². The monoisotopic (exact) mass is 275 g/mol. The van der Waals surface area contributed by atoms with Gasteiger partial charge in [-0.2, -0.15) is 0 Å². The second-order valence-electron chi connectivity index (χ2n) is 3.53. The topological polar surface area (TPSA) is 12.5 Å². The molecule has 1 aliphatic heterocycles. The van der Waals surface area contributed by atoms with Gasteiger partial charge in [-0.3, -0.25) is 0 Å². The van der Waals surface area contributed by atoms with Gasteiger partial charge in [0.2, 0.25) is 0 Å². The number of rotatable bonds is 1. The fourth-order valence-electron chi connectivity index (χ4n) is 1.60. The molecule has 1 aromatic rings. The van der Waals surface area contributed by atoms with Gasteiger partial charge in [0.15, 0.2) is 0 Å². The van der Waals surface area contributed by atoms with Gasteiger partial charge in [0, 0.05) is 23.7 Å². The average Bonchev–Trinajstić information content (AvgIpc) is 2.29. The molecule has 1 aromatic carbocycles. The molecule has 0 spiro atoms. The Morgan fingerprint density at radius 2 is 1.94 bits per heavy atom. The molecule has 0 aliphatic carbocycles. The third-order valence-corrected chi connectivity index (χ3v) is 3.49. The zero-order chi connectivity index (χ0) is 11.5. The SMILES string of the molecule is S=C(c1ccc(Cl)cc1Cl)N1CCOCC1. The zero-order valence-electron chi connectivity index (χ0n) is 8.58. The van der Waals surface area contributed by atoms with E-state index in [1.165, 1.54) is 0 Å². The molecule has 0 amide bonds. The molecule has 2 nitrogen and oxygen atoms in total. The van der Waals surface area contributed by atoms with Crippen molar-refractivity contribution in [1.82, 2.24) is 4.90 Å². The summed E-state index contributed by atoms with van der Waals surface area (Å²) in [6.07, 6.45) is 0. The molecule has 0 aromatic heterocycles. The van der Waals surface area contributed by atoms with Crippen molar-refractivity contribution in [1.29, 1.82) is 0 Å².